The number of fused-ring (bicyclic) bond motifs is 1. The fourth-order valence-corrected chi connectivity index (χ4v) is 3.02. The summed E-state index contributed by atoms with van der Waals surface area (Å²) in [4.78, 5) is 27.3. The minimum Gasteiger partial charge on any atom is -0.268 e. The molecule has 0 N–H and O–H groups in total. The van der Waals surface area contributed by atoms with E-state index in [4.69, 9.17) is 0 Å². The number of anilines is 1. The van der Waals surface area contributed by atoms with Gasteiger partial charge < -0.3 is 0 Å². The van der Waals surface area contributed by atoms with Gasteiger partial charge in [-0.05, 0) is 35.4 Å². The van der Waals surface area contributed by atoms with Crippen molar-refractivity contribution in [1.29, 1.82) is 0 Å². The number of carbonyl (C=O) groups excluding carboxylic acids is 2. The van der Waals surface area contributed by atoms with Gasteiger partial charge in [0, 0.05) is 11.1 Å². The molecule has 0 atom stereocenters. The van der Waals surface area contributed by atoms with Crippen molar-refractivity contribution < 1.29 is 9.59 Å². The predicted octanol–water partition coefficient (Wildman–Crippen LogP) is 4.41. The predicted molar refractivity (Wildman–Crippen MR) is 99.0 cm³/mol. The number of para-hydroxylation sites is 1. The molecule has 25 heavy (non-hydrogen) atoms. The van der Waals surface area contributed by atoms with E-state index in [1.54, 1.807) is 18.2 Å². The lowest BCUT2D eigenvalue weighted by Crippen LogP contribution is -2.41. The zero-order chi connectivity index (χ0) is 17.2. The topological polar surface area (TPSA) is 37.4 Å². The van der Waals surface area contributed by atoms with Crippen LogP contribution in [0.4, 0.5) is 5.69 Å². The molecular weight excluding hydrogens is 310 g/mol. The van der Waals surface area contributed by atoms with Crippen molar-refractivity contribution >= 4 is 29.2 Å². The van der Waals surface area contributed by atoms with Gasteiger partial charge in [0.1, 0.15) is 0 Å². The zero-order valence-electron chi connectivity index (χ0n) is 13.4. The van der Waals surface area contributed by atoms with Crippen LogP contribution in [0.5, 0.6) is 0 Å². The third-order valence-electron chi connectivity index (χ3n) is 4.21. The number of imide groups is 1. The van der Waals surface area contributed by atoms with Crippen molar-refractivity contribution in [2.75, 3.05) is 4.90 Å². The molecule has 0 fully saturated rings. The maximum Gasteiger partial charge on any atom is 0.265 e. The van der Waals surface area contributed by atoms with E-state index in [2.05, 4.69) is 0 Å². The van der Waals surface area contributed by atoms with Crippen LogP contribution in [-0.2, 0) is 4.79 Å². The second-order valence-electron chi connectivity index (χ2n) is 5.80. The van der Waals surface area contributed by atoms with Gasteiger partial charge in [-0.1, -0.05) is 66.7 Å². The summed E-state index contributed by atoms with van der Waals surface area (Å²) in [6.07, 6.45) is 1.84. The van der Waals surface area contributed by atoms with E-state index in [0.717, 1.165) is 5.56 Å². The Morgan fingerprint density at radius 1 is 0.600 bits per heavy atom. The third-order valence-corrected chi connectivity index (χ3v) is 4.21. The van der Waals surface area contributed by atoms with E-state index >= 15 is 0 Å². The highest BCUT2D eigenvalue weighted by Gasteiger charge is 2.35. The van der Waals surface area contributed by atoms with Crippen molar-refractivity contribution in [2.24, 2.45) is 0 Å². The first-order chi connectivity index (χ1) is 12.3. The van der Waals surface area contributed by atoms with Gasteiger partial charge in [-0.2, -0.15) is 0 Å². The standard InChI is InChI=1S/C22H15NO2/c24-21-19-14-8-7-13-18(19)20(15-16-9-3-1-4-10-16)22(25)23(21)17-11-5-2-6-12-17/h1-15H/b20-15+. The summed E-state index contributed by atoms with van der Waals surface area (Å²) in [5, 5.41) is 0. The highest BCUT2D eigenvalue weighted by atomic mass is 16.2. The van der Waals surface area contributed by atoms with Gasteiger partial charge in [0.05, 0.1) is 5.69 Å². The van der Waals surface area contributed by atoms with E-state index in [1.165, 1.54) is 4.90 Å². The monoisotopic (exact) mass is 325 g/mol. The summed E-state index contributed by atoms with van der Waals surface area (Å²) in [5.74, 6) is -0.601. The zero-order valence-corrected chi connectivity index (χ0v) is 13.4. The van der Waals surface area contributed by atoms with Crippen LogP contribution in [-0.4, -0.2) is 11.8 Å². The summed E-state index contributed by atoms with van der Waals surface area (Å²) in [7, 11) is 0. The molecule has 0 unspecified atom stereocenters. The maximum atomic E-state index is 13.1. The van der Waals surface area contributed by atoms with Crippen LogP contribution in [0.2, 0.25) is 0 Å². The maximum absolute atomic E-state index is 13.1. The first kappa shape index (κ1) is 15.1. The Bertz CT molecular complexity index is 975. The average molecular weight is 325 g/mol. The Hall–Kier alpha value is -3.46. The minimum absolute atomic E-state index is 0.294. The van der Waals surface area contributed by atoms with Gasteiger partial charge >= 0.3 is 0 Å². The largest absolute Gasteiger partial charge is 0.268 e. The molecule has 1 aliphatic rings. The summed E-state index contributed by atoms with van der Waals surface area (Å²) < 4.78 is 0. The number of carbonyl (C=O) groups is 2. The molecule has 0 saturated heterocycles. The van der Waals surface area contributed by atoms with Crippen molar-refractivity contribution in [3.05, 3.63) is 102 Å². The summed E-state index contributed by atoms with van der Waals surface area (Å²) in [6, 6.07) is 25.9. The van der Waals surface area contributed by atoms with E-state index < -0.39 is 0 Å². The fraction of sp³-hybridized carbons (Fsp3) is 0. The van der Waals surface area contributed by atoms with E-state index in [-0.39, 0.29) is 11.8 Å². The Labute approximate surface area is 145 Å². The highest BCUT2D eigenvalue weighted by molar-refractivity contribution is 6.43. The molecule has 4 rings (SSSR count). The Kier molecular flexibility index (Phi) is 3.75. The molecule has 3 heteroatoms. The van der Waals surface area contributed by atoms with Gasteiger partial charge in [0.15, 0.2) is 0 Å². The first-order valence-corrected chi connectivity index (χ1v) is 8.06. The van der Waals surface area contributed by atoms with E-state index in [9.17, 15) is 9.59 Å². The molecule has 0 aliphatic carbocycles. The number of rotatable bonds is 2. The Morgan fingerprint density at radius 2 is 1.16 bits per heavy atom. The van der Waals surface area contributed by atoms with Gasteiger partial charge in [-0.3, -0.25) is 9.59 Å². The van der Waals surface area contributed by atoms with Crippen LogP contribution in [0.3, 0.4) is 0 Å². The second kappa shape index (κ2) is 6.21. The van der Waals surface area contributed by atoms with Crippen LogP contribution in [0, 0.1) is 0 Å². The molecule has 0 aromatic heterocycles. The molecule has 0 bridgehead atoms. The second-order valence-corrected chi connectivity index (χ2v) is 5.80. The first-order valence-electron chi connectivity index (χ1n) is 8.06. The van der Waals surface area contributed by atoms with Crippen molar-refractivity contribution in [3.8, 4) is 0 Å². The fourth-order valence-electron chi connectivity index (χ4n) is 3.02. The van der Waals surface area contributed by atoms with Crippen LogP contribution in [0.1, 0.15) is 21.5 Å². The average Bonchev–Trinajstić information content (AvgIpc) is 2.67. The molecule has 1 heterocycles. The molecule has 0 spiro atoms. The highest BCUT2D eigenvalue weighted by Crippen LogP contribution is 2.33. The molecule has 2 amide bonds. The van der Waals surface area contributed by atoms with Crippen molar-refractivity contribution in [2.45, 2.75) is 0 Å². The molecule has 3 aromatic carbocycles. The van der Waals surface area contributed by atoms with Crippen molar-refractivity contribution in [1.82, 2.24) is 0 Å². The van der Waals surface area contributed by atoms with Crippen molar-refractivity contribution in [3.63, 3.8) is 0 Å². The normalized spacial score (nSPS) is 15.4. The molecule has 1 aliphatic heterocycles. The smallest absolute Gasteiger partial charge is 0.265 e. The van der Waals surface area contributed by atoms with Gasteiger partial charge in [0.25, 0.3) is 11.8 Å². The Balaban J connectivity index is 1.92. The molecule has 3 nitrogen and oxygen atoms in total. The number of amides is 2. The molecular formula is C22H15NO2. The summed E-state index contributed by atoms with van der Waals surface area (Å²) in [6.45, 7) is 0. The number of hydrogen-bond donors (Lipinski definition) is 0. The lowest BCUT2D eigenvalue weighted by atomic mass is 9.91. The molecule has 3 aromatic rings. The number of benzene rings is 3. The van der Waals surface area contributed by atoms with Gasteiger partial charge in [-0.15, -0.1) is 0 Å². The number of hydrogen-bond acceptors (Lipinski definition) is 2. The molecule has 0 radical (unpaired) electrons. The minimum atomic E-state index is -0.307. The van der Waals surface area contributed by atoms with Gasteiger partial charge in [0.2, 0.25) is 0 Å². The van der Waals surface area contributed by atoms with E-state index in [0.29, 0.717) is 22.4 Å². The van der Waals surface area contributed by atoms with Gasteiger partial charge in [-0.25, -0.2) is 4.90 Å². The van der Waals surface area contributed by atoms with Crippen LogP contribution < -0.4 is 4.90 Å². The lowest BCUT2D eigenvalue weighted by Gasteiger charge is -2.28. The number of nitrogens with zero attached hydrogens (tertiary/aromatic N) is 1. The summed E-state index contributed by atoms with van der Waals surface area (Å²) in [5.41, 5.74) is 3.22. The third kappa shape index (κ3) is 2.66. The lowest BCUT2D eigenvalue weighted by molar-refractivity contribution is -0.112. The molecule has 0 saturated carbocycles. The van der Waals surface area contributed by atoms with Crippen LogP contribution in [0.15, 0.2) is 84.9 Å². The van der Waals surface area contributed by atoms with Crippen LogP contribution >= 0.6 is 0 Å². The van der Waals surface area contributed by atoms with Crippen LogP contribution in [0.25, 0.3) is 11.6 Å². The quantitative estimate of drug-likeness (QED) is 0.517. The molecule has 120 valence electrons. The summed E-state index contributed by atoms with van der Waals surface area (Å²) >= 11 is 0. The van der Waals surface area contributed by atoms with E-state index in [1.807, 2.05) is 72.8 Å². The SMILES string of the molecule is O=C1/C(=C/c2ccccc2)c2ccccc2C(=O)N1c1ccccc1. The Morgan fingerprint density at radius 3 is 1.84 bits per heavy atom.